The molecule has 1 amide bonds. The van der Waals surface area contributed by atoms with Crippen LogP contribution in [0.15, 0.2) is 76.3 Å². The molecule has 5 nitrogen and oxygen atoms in total. The Bertz CT molecular complexity index is 1750. The van der Waals surface area contributed by atoms with E-state index in [0.29, 0.717) is 24.6 Å². The number of nitrogens with one attached hydrogen (secondary N) is 1. The molecule has 3 aromatic heterocycles. The van der Waals surface area contributed by atoms with Crippen LogP contribution in [-0.4, -0.2) is 16.7 Å². The van der Waals surface area contributed by atoms with Crippen LogP contribution in [0.4, 0.5) is 9.39 Å². The minimum atomic E-state index is -0.239. The summed E-state index contributed by atoms with van der Waals surface area (Å²) < 4.78 is 21.2. The van der Waals surface area contributed by atoms with Gasteiger partial charge in [-0.25, -0.2) is 9.38 Å². The highest BCUT2D eigenvalue weighted by Gasteiger charge is 2.33. The van der Waals surface area contributed by atoms with Crippen molar-refractivity contribution in [1.29, 1.82) is 0 Å². The van der Waals surface area contributed by atoms with Gasteiger partial charge in [-0.15, -0.1) is 11.3 Å². The van der Waals surface area contributed by atoms with Gasteiger partial charge in [-0.1, -0.05) is 51.1 Å². The molecule has 6 rings (SSSR count). The lowest BCUT2D eigenvalue weighted by molar-refractivity contribution is 0.0947. The summed E-state index contributed by atoms with van der Waals surface area (Å²) in [4.78, 5) is 19.9. The molecule has 1 N–H and O–H groups in total. The number of fused-ring (bicyclic) bond motifs is 2. The zero-order valence-electron chi connectivity index (χ0n) is 24.5. The number of nitrogens with zero attached hydrogens (tertiary/aromatic N) is 2. The van der Waals surface area contributed by atoms with Gasteiger partial charge in [0.2, 0.25) is 0 Å². The molecule has 216 valence electrons. The molecule has 0 radical (unpaired) electrons. The highest BCUT2D eigenvalue weighted by atomic mass is 32.1. The van der Waals surface area contributed by atoms with Gasteiger partial charge in [-0.05, 0) is 79.0 Å². The van der Waals surface area contributed by atoms with Gasteiger partial charge in [-0.2, -0.15) is 0 Å². The topological polar surface area (TPSA) is 59.5 Å². The SMILES string of the molecule is Cc1c(C=Nc2sc3c(c2C(=O)NCc2ccco2)CC[C@H](C(C)(C)C)C3)c2ccccc2n1Cc1ccc(F)cc1. The molecule has 42 heavy (non-hydrogen) atoms. The fourth-order valence-corrected chi connectivity index (χ4v) is 7.29. The summed E-state index contributed by atoms with van der Waals surface area (Å²) in [6.45, 7) is 9.96. The van der Waals surface area contributed by atoms with E-state index in [0.717, 1.165) is 63.3 Å². The van der Waals surface area contributed by atoms with Crippen LogP contribution in [0.1, 0.15) is 70.6 Å². The van der Waals surface area contributed by atoms with Gasteiger partial charge in [0.15, 0.2) is 0 Å². The summed E-state index contributed by atoms with van der Waals surface area (Å²) in [5.41, 5.74) is 6.25. The third-order valence-corrected chi connectivity index (χ3v) is 9.71. The van der Waals surface area contributed by atoms with E-state index in [1.54, 1.807) is 17.6 Å². The van der Waals surface area contributed by atoms with Crippen molar-refractivity contribution in [1.82, 2.24) is 9.88 Å². The molecular formula is C35H36FN3O2S. The number of benzene rings is 2. The zero-order chi connectivity index (χ0) is 29.4. The summed E-state index contributed by atoms with van der Waals surface area (Å²) >= 11 is 1.65. The van der Waals surface area contributed by atoms with Crippen LogP contribution in [0.25, 0.3) is 10.9 Å². The third kappa shape index (κ3) is 5.58. The lowest BCUT2D eigenvalue weighted by Gasteiger charge is -2.33. The van der Waals surface area contributed by atoms with Crippen molar-refractivity contribution in [2.45, 2.75) is 60.0 Å². The molecule has 0 unspecified atom stereocenters. The van der Waals surface area contributed by atoms with E-state index in [2.05, 4.69) is 49.7 Å². The molecule has 5 aromatic rings. The Labute approximate surface area is 250 Å². The number of furan rings is 1. The Morgan fingerprint density at radius 2 is 1.93 bits per heavy atom. The van der Waals surface area contributed by atoms with Crippen molar-refractivity contribution >= 4 is 39.4 Å². The Balaban J connectivity index is 1.38. The lowest BCUT2D eigenvalue weighted by Crippen LogP contribution is -2.28. The van der Waals surface area contributed by atoms with Gasteiger partial charge in [0.1, 0.15) is 16.6 Å². The first-order valence-corrected chi connectivity index (χ1v) is 15.3. The van der Waals surface area contributed by atoms with E-state index < -0.39 is 0 Å². The normalized spacial score (nSPS) is 15.4. The molecular weight excluding hydrogens is 545 g/mol. The molecule has 1 atom stereocenters. The van der Waals surface area contributed by atoms with Crippen LogP contribution in [0.5, 0.6) is 0 Å². The number of amides is 1. The fraction of sp³-hybridized carbons (Fsp3) is 0.314. The van der Waals surface area contributed by atoms with Crippen LogP contribution >= 0.6 is 11.3 Å². The second-order valence-electron chi connectivity index (χ2n) is 12.2. The molecule has 0 saturated heterocycles. The molecule has 1 aliphatic carbocycles. The number of hydrogen-bond donors (Lipinski definition) is 1. The van der Waals surface area contributed by atoms with Crippen LogP contribution in [-0.2, 0) is 25.9 Å². The Morgan fingerprint density at radius 1 is 1.14 bits per heavy atom. The molecule has 3 heterocycles. The molecule has 7 heteroatoms. The number of carbonyl (C=O) groups is 1. The van der Waals surface area contributed by atoms with Crippen LogP contribution in [0.2, 0.25) is 0 Å². The van der Waals surface area contributed by atoms with Gasteiger partial charge >= 0.3 is 0 Å². The Kier molecular flexibility index (Phi) is 7.62. The summed E-state index contributed by atoms with van der Waals surface area (Å²) in [5, 5.41) is 4.91. The second kappa shape index (κ2) is 11.4. The molecule has 1 aliphatic rings. The summed E-state index contributed by atoms with van der Waals surface area (Å²) in [7, 11) is 0. The quantitative estimate of drug-likeness (QED) is 0.196. The van der Waals surface area contributed by atoms with E-state index in [1.165, 1.54) is 17.0 Å². The predicted octanol–water partition coefficient (Wildman–Crippen LogP) is 8.62. The highest BCUT2D eigenvalue weighted by molar-refractivity contribution is 7.16. The van der Waals surface area contributed by atoms with Crippen molar-refractivity contribution in [3.63, 3.8) is 0 Å². The smallest absolute Gasteiger partial charge is 0.255 e. The van der Waals surface area contributed by atoms with Crippen molar-refractivity contribution in [3.05, 3.63) is 111 Å². The maximum Gasteiger partial charge on any atom is 0.255 e. The summed E-state index contributed by atoms with van der Waals surface area (Å²) in [5.74, 6) is 0.930. The molecule has 2 aromatic carbocycles. The molecule has 0 bridgehead atoms. The first-order valence-electron chi connectivity index (χ1n) is 14.5. The second-order valence-corrected chi connectivity index (χ2v) is 13.3. The summed E-state index contributed by atoms with van der Waals surface area (Å²) in [6, 6.07) is 18.6. The van der Waals surface area contributed by atoms with E-state index in [1.807, 2.05) is 42.6 Å². The van der Waals surface area contributed by atoms with Crippen LogP contribution in [0, 0.1) is 24.1 Å². The third-order valence-electron chi connectivity index (χ3n) is 8.55. The van der Waals surface area contributed by atoms with E-state index in [-0.39, 0.29) is 17.1 Å². The largest absolute Gasteiger partial charge is 0.467 e. The number of carbonyl (C=O) groups excluding carboxylic acids is 1. The minimum Gasteiger partial charge on any atom is -0.467 e. The van der Waals surface area contributed by atoms with Crippen molar-refractivity contribution in [2.75, 3.05) is 0 Å². The maximum absolute atomic E-state index is 13.6. The average Bonchev–Trinajstić information content (AvgIpc) is 3.68. The van der Waals surface area contributed by atoms with Crippen molar-refractivity contribution < 1.29 is 13.6 Å². The van der Waals surface area contributed by atoms with E-state index >= 15 is 0 Å². The molecule has 0 aliphatic heterocycles. The number of rotatable bonds is 7. The first kappa shape index (κ1) is 28.2. The van der Waals surface area contributed by atoms with Gasteiger partial charge in [-0.3, -0.25) is 4.79 Å². The predicted molar refractivity (Wildman–Crippen MR) is 169 cm³/mol. The zero-order valence-corrected chi connectivity index (χ0v) is 25.4. The molecule has 0 spiro atoms. The summed E-state index contributed by atoms with van der Waals surface area (Å²) in [6.07, 6.45) is 6.44. The number of aromatic nitrogens is 1. The Hall–Kier alpha value is -3.97. The minimum absolute atomic E-state index is 0.110. The standard InChI is InChI=1S/C35H36FN3O2S/c1-22-29(27-9-5-6-10-30(27)39(22)21-23-11-14-25(36)15-12-23)20-38-34-32(33(40)37-19-26-8-7-17-41-26)28-16-13-24(35(2,3)4)18-31(28)42-34/h5-12,14-15,17,20,24H,13,16,18-19,21H2,1-4H3,(H,37,40)/t24-/m0/s1. The first-order chi connectivity index (χ1) is 20.2. The lowest BCUT2D eigenvalue weighted by atomic mass is 9.72. The van der Waals surface area contributed by atoms with Gasteiger partial charge in [0, 0.05) is 39.8 Å². The number of aliphatic imine (C=N–C) groups is 1. The van der Waals surface area contributed by atoms with Crippen molar-refractivity contribution in [3.8, 4) is 0 Å². The number of halogens is 1. The number of thiophene rings is 1. The maximum atomic E-state index is 13.6. The Morgan fingerprint density at radius 3 is 2.67 bits per heavy atom. The fourth-order valence-electron chi connectivity index (χ4n) is 6.02. The monoisotopic (exact) mass is 581 g/mol. The number of para-hydroxylation sites is 1. The van der Waals surface area contributed by atoms with Gasteiger partial charge < -0.3 is 14.3 Å². The average molecular weight is 582 g/mol. The van der Waals surface area contributed by atoms with Crippen LogP contribution < -0.4 is 5.32 Å². The van der Waals surface area contributed by atoms with Gasteiger partial charge in [0.25, 0.3) is 5.91 Å². The van der Waals surface area contributed by atoms with Crippen molar-refractivity contribution in [2.24, 2.45) is 16.3 Å². The van der Waals surface area contributed by atoms with Crippen LogP contribution in [0.3, 0.4) is 0 Å². The number of hydrogen-bond acceptors (Lipinski definition) is 4. The molecule has 0 saturated carbocycles. The van der Waals surface area contributed by atoms with Gasteiger partial charge in [0.05, 0.1) is 18.4 Å². The molecule has 0 fully saturated rings. The van der Waals surface area contributed by atoms with E-state index in [9.17, 15) is 9.18 Å². The highest BCUT2D eigenvalue weighted by Crippen LogP contribution is 2.45. The van der Waals surface area contributed by atoms with E-state index in [4.69, 9.17) is 9.41 Å².